The lowest BCUT2D eigenvalue weighted by Crippen LogP contribution is -2.31. The van der Waals surface area contributed by atoms with Gasteiger partial charge in [-0.25, -0.2) is 4.98 Å². The quantitative estimate of drug-likeness (QED) is 0.851. The van der Waals surface area contributed by atoms with Crippen LogP contribution in [0.5, 0.6) is 0 Å². The van der Waals surface area contributed by atoms with Crippen LogP contribution >= 0.6 is 11.3 Å². The van der Waals surface area contributed by atoms with Crippen molar-refractivity contribution in [1.29, 1.82) is 0 Å². The van der Waals surface area contributed by atoms with Gasteiger partial charge in [-0.2, -0.15) is 0 Å². The summed E-state index contributed by atoms with van der Waals surface area (Å²) >= 11 is 1.76. The Bertz CT molecular complexity index is 336. The standard InChI is InChI=1S/C11H20N4S/c1-12-6-9-8-16-11(13-9)15-5-4-10(7-15)14(2)3/h8,10,12H,4-7H2,1-3H3. The highest BCUT2D eigenvalue weighted by Gasteiger charge is 2.25. The second kappa shape index (κ2) is 5.12. The largest absolute Gasteiger partial charge is 0.346 e. The summed E-state index contributed by atoms with van der Waals surface area (Å²) in [6.07, 6.45) is 1.24. The third kappa shape index (κ3) is 2.53. The molecule has 2 heterocycles. The minimum absolute atomic E-state index is 0.677. The Kier molecular flexibility index (Phi) is 3.78. The van der Waals surface area contributed by atoms with Gasteiger partial charge < -0.3 is 15.1 Å². The molecule has 1 atom stereocenters. The zero-order valence-electron chi connectivity index (χ0n) is 10.2. The second-order valence-corrected chi connectivity index (χ2v) is 5.34. The van der Waals surface area contributed by atoms with Crippen LogP contribution in [0.3, 0.4) is 0 Å². The monoisotopic (exact) mass is 240 g/mol. The fourth-order valence-corrected chi connectivity index (χ4v) is 2.90. The van der Waals surface area contributed by atoms with E-state index in [-0.39, 0.29) is 0 Å². The Labute approximate surface area is 101 Å². The first-order chi connectivity index (χ1) is 7.70. The van der Waals surface area contributed by atoms with Gasteiger partial charge in [-0.3, -0.25) is 0 Å². The number of nitrogens with one attached hydrogen (secondary N) is 1. The van der Waals surface area contributed by atoms with Gasteiger partial charge in [0.2, 0.25) is 0 Å². The first-order valence-electron chi connectivity index (χ1n) is 5.71. The van der Waals surface area contributed by atoms with Gasteiger partial charge in [0.25, 0.3) is 0 Å². The zero-order valence-corrected chi connectivity index (χ0v) is 11.0. The highest BCUT2D eigenvalue weighted by molar-refractivity contribution is 7.13. The molecule has 4 nitrogen and oxygen atoms in total. The maximum absolute atomic E-state index is 4.64. The molecule has 5 heteroatoms. The fraction of sp³-hybridized carbons (Fsp3) is 0.727. The maximum Gasteiger partial charge on any atom is 0.185 e. The van der Waals surface area contributed by atoms with Crippen molar-refractivity contribution in [3.8, 4) is 0 Å². The van der Waals surface area contributed by atoms with Crippen LogP contribution < -0.4 is 10.2 Å². The van der Waals surface area contributed by atoms with E-state index in [0.717, 1.165) is 25.3 Å². The number of nitrogens with zero attached hydrogens (tertiary/aromatic N) is 3. The average molecular weight is 240 g/mol. The number of anilines is 1. The van der Waals surface area contributed by atoms with E-state index >= 15 is 0 Å². The van der Waals surface area contributed by atoms with Gasteiger partial charge in [-0.1, -0.05) is 0 Å². The first-order valence-corrected chi connectivity index (χ1v) is 6.59. The number of likely N-dealkylation sites (N-methyl/N-ethyl adjacent to an activating group) is 1. The molecule has 16 heavy (non-hydrogen) atoms. The van der Waals surface area contributed by atoms with Crippen LogP contribution in [0.1, 0.15) is 12.1 Å². The Morgan fingerprint density at radius 2 is 2.44 bits per heavy atom. The van der Waals surface area contributed by atoms with Gasteiger partial charge >= 0.3 is 0 Å². The van der Waals surface area contributed by atoms with Crippen LogP contribution in [-0.2, 0) is 6.54 Å². The topological polar surface area (TPSA) is 31.4 Å². The van der Waals surface area contributed by atoms with E-state index in [4.69, 9.17) is 0 Å². The van der Waals surface area contributed by atoms with Crippen molar-refractivity contribution in [2.75, 3.05) is 39.1 Å². The highest BCUT2D eigenvalue weighted by Crippen LogP contribution is 2.25. The van der Waals surface area contributed by atoms with Crippen molar-refractivity contribution >= 4 is 16.5 Å². The van der Waals surface area contributed by atoms with E-state index in [2.05, 4.69) is 39.6 Å². The molecule has 0 amide bonds. The summed E-state index contributed by atoms with van der Waals surface area (Å²) in [5.74, 6) is 0. The van der Waals surface area contributed by atoms with Crippen molar-refractivity contribution in [3.05, 3.63) is 11.1 Å². The van der Waals surface area contributed by atoms with Crippen molar-refractivity contribution in [2.45, 2.75) is 19.0 Å². The van der Waals surface area contributed by atoms with Gasteiger partial charge in [0, 0.05) is 31.1 Å². The van der Waals surface area contributed by atoms with Crippen molar-refractivity contribution in [2.24, 2.45) is 0 Å². The molecule has 1 aliphatic heterocycles. The highest BCUT2D eigenvalue weighted by atomic mass is 32.1. The molecule has 0 aromatic carbocycles. The number of thiazole rings is 1. The van der Waals surface area contributed by atoms with Gasteiger partial charge in [0.15, 0.2) is 5.13 Å². The molecule has 90 valence electrons. The first kappa shape index (κ1) is 11.8. The Hall–Kier alpha value is -0.650. The van der Waals surface area contributed by atoms with Crippen LogP contribution in [-0.4, -0.2) is 50.2 Å². The molecule has 1 aromatic rings. The van der Waals surface area contributed by atoms with Crippen molar-refractivity contribution in [3.63, 3.8) is 0 Å². The predicted molar refractivity (Wildman–Crippen MR) is 69.2 cm³/mol. The van der Waals surface area contributed by atoms with Crippen molar-refractivity contribution in [1.82, 2.24) is 15.2 Å². The van der Waals surface area contributed by atoms with Gasteiger partial charge in [0.1, 0.15) is 0 Å². The predicted octanol–water partition coefficient (Wildman–Crippen LogP) is 1.00. The number of hydrogen-bond acceptors (Lipinski definition) is 5. The summed E-state index contributed by atoms with van der Waals surface area (Å²) in [4.78, 5) is 9.34. The SMILES string of the molecule is CNCc1csc(N2CCC(N(C)C)C2)n1. The molecule has 0 radical (unpaired) electrons. The normalized spacial score (nSPS) is 21.0. The zero-order chi connectivity index (χ0) is 11.5. The van der Waals surface area contributed by atoms with E-state index < -0.39 is 0 Å². The summed E-state index contributed by atoms with van der Waals surface area (Å²) in [6, 6.07) is 0.677. The molecular formula is C11H20N4S. The Balaban J connectivity index is 1.97. The molecular weight excluding hydrogens is 220 g/mol. The maximum atomic E-state index is 4.64. The average Bonchev–Trinajstić information content (AvgIpc) is 2.84. The third-order valence-corrected chi connectivity index (χ3v) is 4.01. The minimum Gasteiger partial charge on any atom is -0.346 e. The van der Waals surface area contributed by atoms with Crippen molar-refractivity contribution < 1.29 is 0 Å². The van der Waals surface area contributed by atoms with Crippen LogP contribution in [0.2, 0.25) is 0 Å². The molecule has 2 rings (SSSR count). The summed E-state index contributed by atoms with van der Waals surface area (Å²) < 4.78 is 0. The molecule has 0 aliphatic carbocycles. The second-order valence-electron chi connectivity index (χ2n) is 4.50. The summed E-state index contributed by atoms with van der Waals surface area (Å²) in [7, 11) is 6.27. The summed E-state index contributed by atoms with van der Waals surface area (Å²) in [5, 5.41) is 6.46. The molecule has 1 saturated heterocycles. The number of rotatable bonds is 4. The summed E-state index contributed by atoms with van der Waals surface area (Å²) in [5.41, 5.74) is 1.15. The number of hydrogen-bond donors (Lipinski definition) is 1. The van der Waals surface area contributed by atoms with Gasteiger partial charge in [0.05, 0.1) is 5.69 Å². The Morgan fingerprint density at radius 1 is 1.62 bits per heavy atom. The van der Waals surface area contributed by atoms with E-state index in [1.807, 2.05) is 7.05 Å². The molecule has 1 aromatic heterocycles. The lowest BCUT2D eigenvalue weighted by atomic mass is 10.2. The smallest absolute Gasteiger partial charge is 0.185 e. The molecule has 0 saturated carbocycles. The van der Waals surface area contributed by atoms with Crippen LogP contribution in [0, 0.1) is 0 Å². The van der Waals surface area contributed by atoms with E-state index in [0.29, 0.717) is 6.04 Å². The minimum atomic E-state index is 0.677. The Morgan fingerprint density at radius 3 is 3.06 bits per heavy atom. The van der Waals surface area contributed by atoms with Crippen LogP contribution in [0.4, 0.5) is 5.13 Å². The van der Waals surface area contributed by atoms with Gasteiger partial charge in [-0.15, -0.1) is 11.3 Å². The molecule has 1 fully saturated rings. The molecule has 1 unspecified atom stereocenters. The van der Waals surface area contributed by atoms with E-state index in [1.54, 1.807) is 11.3 Å². The lowest BCUT2D eigenvalue weighted by molar-refractivity contribution is 0.315. The van der Waals surface area contributed by atoms with Gasteiger partial charge in [-0.05, 0) is 27.6 Å². The molecule has 1 N–H and O–H groups in total. The lowest BCUT2D eigenvalue weighted by Gasteiger charge is -2.19. The summed E-state index contributed by atoms with van der Waals surface area (Å²) in [6.45, 7) is 3.11. The van der Waals surface area contributed by atoms with E-state index in [1.165, 1.54) is 11.6 Å². The molecule has 0 spiro atoms. The fourth-order valence-electron chi connectivity index (χ4n) is 2.04. The van der Waals surface area contributed by atoms with E-state index in [9.17, 15) is 0 Å². The number of aromatic nitrogens is 1. The molecule has 1 aliphatic rings. The molecule has 0 bridgehead atoms. The third-order valence-electron chi connectivity index (χ3n) is 3.06. The van der Waals surface area contributed by atoms with Crippen LogP contribution in [0.25, 0.3) is 0 Å². The van der Waals surface area contributed by atoms with Crippen LogP contribution in [0.15, 0.2) is 5.38 Å².